The number of benzene rings is 1. The highest BCUT2D eigenvalue weighted by Crippen LogP contribution is 1.93. The lowest BCUT2D eigenvalue weighted by Crippen LogP contribution is -2.21. The van der Waals surface area contributed by atoms with E-state index in [2.05, 4.69) is 20.7 Å². The first kappa shape index (κ1) is 11.7. The summed E-state index contributed by atoms with van der Waals surface area (Å²) in [5.41, 5.74) is 2.92. The van der Waals surface area contributed by atoms with Crippen LogP contribution in [-0.2, 0) is 0 Å². The summed E-state index contributed by atoms with van der Waals surface area (Å²) in [7, 11) is 0. The number of aromatic amines is 1. The monoisotopic (exact) mass is 242 g/mol. The zero-order chi connectivity index (χ0) is 12.8. The molecule has 0 aliphatic carbocycles. The van der Waals surface area contributed by atoms with E-state index in [0.717, 1.165) is 5.56 Å². The highest BCUT2D eigenvalue weighted by Gasteiger charge is 2.04. The van der Waals surface area contributed by atoms with Gasteiger partial charge in [0.25, 0.3) is 11.5 Å². The number of aromatic nitrogens is 2. The molecular formula is C12H10N4O2. The van der Waals surface area contributed by atoms with Crippen LogP contribution in [0.2, 0.25) is 0 Å². The van der Waals surface area contributed by atoms with Gasteiger partial charge >= 0.3 is 0 Å². The van der Waals surface area contributed by atoms with Crippen molar-refractivity contribution in [2.45, 2.75) is 0 Å². The molecule has 2 N–H and O–H groups in total. The maximum atomic E-state index is 11.5. The molecule has 2 aromatic rings. The zero-order valence-corrected chi connectivity index (χ0v) is 9.33. The van der Waals surface area contributed by atoms with Crippen molar-refractivity contribution in [3.8, 4) is 0 Å². The number of carbonyl (C=O) groups excluding carboxylic acids is 1. The Morgan fingerprint density at radius 2 is 2.00 bits per heavy atom. The van der Waals surface area contributed by atoms with E-state index >= 15 is 0 Å². The molecule has 0 spiro atoms. The molecule has 6 heteroatoms. The molecule has 0 radical (unpaired) electrons. The fourth-order valence-corrected chi connectivity index (χ4v) is 1.23. The molecule has 1 aromatic heterocycles. The third-order valence-corrected chi connectivity index (χ3v) is 2.09. The highest BCUT2D eigenvalue weighted by atomic mass is 16.2. The lowest BCUT2D eigenvalue weighted by Gasteiger charge is -1.97. The first-order chi connectivity index (χ1) is 8.75. The fraction of sp³-hybridized carbons (Fsp3) is 0. The van der Waals surface area contributed by atoms with Crippen molar-refractivity contribution in [3.05, 3.63) is 64.1 Å². The van der Waals surface area contributed by atoms with Gasteiger partial charge in [-0.15, -0.1) is 0 Å². The molecule has 18 heavy (non-hydrogen) atoms. The summed E-state index contributed by atoms with van der Waals surface area (Å²) >= 11 is 0. The summed E-state index contributed by atoms with van der Waals surface area (Å²) in [5.74, 6) is -0.488. The smallest absolute Gasteiger partial charge is 0.268 e. The molecule has 0 atom stereocenters. The maximum absolute atomic E-state index is 11.5. The largest absolute Gasteiger partial charge is 0.291 e. The van der Waals surface area contributed by atoms with Crippen LogP contribution in [-0.4, -0.2) is 22.3 Å². The molecule has 0 fully saturated rings. The van der Waals surface area contributed by atoms with Crippen molar-refractivity contribution in [2.75, 3.05) is 0 Å². The molecular weight excluding hydrogens is 232 g/mol. The Kier molecular flexibility index (Phi) is 3.60. The van der Waals surface area contributed by atoms with Crippen molar-refractivity contribution in [1.29, 1.82) is 0 Å². The van der Waals surface area contributed by atoms with Crippen LogP contribution in [0.25, 0.3) is 0 Å². The van der Waals surface area contributed by atoms with Crippen LogP contribution in [0.3, 0.4) is 0 Å². The van der Waals surface area contributed by atoms with Crippen LogP contribution in [0.4, 0.5) is 0 Å². The van der Waals surface area contributed by atoms with E-state index in [9.17, 15) is 9.59 Å². The van der Waals surface area contributed by atoms with Gasteiger partial charge in [0.2, 0.25) is 0 Å². The van der Waals surface area contributed by atoms with Gasteiger partial charge in [-0.1, -0.05) is 30.3 Å². The standard InChI is InChI=1S/C12H10N4O2/c17-11-7-6-10(14-15-11)12(18)16-13-8-9-4-2-1-3-5-9/h1-8H,(H,15,17)(H,16,18)/b13-8+. The molecule has 90 valence electrons. The average molecular weight is 242 g/mol. The summed E-state index contributed by atoms with van der Waals surface area (Å²) in [6.07, 6.45) is 1.52. The van der Waals surface area contributed by atoms with Crippen molar-refractivity contribution in [2.24, 2.45) is 5.10 Å². The van der Waals surface area contributed by atoms with Gasteiger partial charge in [-0.3, -0.25) is 9.59 Å². The Hall–Kier alpha value is -2.76. The van der Waals surface area contributed by atoms with Gasteiger partial charge in [-0.05, 0) is 11.6 Å². The minimum atomic E-state index is -0.488. The first-order valence-electron chi connectivity index (χ1n) is 5.20. The van der Waals surface area contributed by atoms with Crippen molar-refractivity contribution in [1.82, 2.24) is 15.6 Å². The number of H-pyrrole nitrogens is 1. The number of nitrogens with zero attached hydrogens (tertiary/aromatic N) is 2. The molecule has 0 aliphatic heterocycles. The van der Waals surface area contributed by atoms with Crippen LogP contribution in [0.1, 0.15) is 16.1 Å². The van der Waals surface area contributed by atoms with Crippen LogP contribution < -0.4 is 11.0 Å². The predicted octanol–water partition coefficient (Wildman–Crippen LogP) is 0.534. The lowest BCUT2D eigenvalue weighted by atomic mass is 10.2. The van der Waals surface area contributed by atoms with Gasteiger partial charge in [0.05, 0.1) is 6.21 Å². The number of amides is 1. The summed E-state index contributed by atoms with van der Waals surface area (Å²) in [4.78, 5) is 22.3. The van der Waals surface area contributed by atoms with Crippen LogP contribution in [0.15, 0.2) is 52.4 Å². The van der Waals surface area contributed by atoms with E-state index in [1.54, 1.807) is 0 Å². The number of hydrogen-bond acceptors (Lipinski definition) is 4. The number of hydrogen-bond donors (Lipinski definition) is 2. The summed E-state index contributed by atoms with van der Waals surface area (Å²) in [6.45, 7) is 0. The van der Waals surface area contributed by atoms with Gasteiger partial charge in [0, 0.05) is 6.07 Å². The van der Waals surface area contributed by atoms with Gasteiger partial charge in [0.1, 0.15) is 0 Å². The fourth-order valence-electron chi connectivity index (χ4n) is 1.23. The third-order valence-electron chi connectivity index (χ3n) is 2.09. The van der Waals surface area contributed by atoms with Crippen molar-refractivity contribution >= 4 is 12.1 Å². The van der Waals surface area contributed by atoms with Gasteiger partial charge in [-0.2, -0.15) is 10.2 Å². The Morgan fingerprint density at radius 3 is 2.67 bits per heavy atom. The van der Waals surface area contributed by atoms with Crippen LogP contribution in [0.5, 0.6) is 0 Å². The van der Waals surface area contributed by atoms with Gasteiger partial charge in [0.15, 0.2) is 5.69 Å². The van der Waals surface area contributed by atoms with E-state index in [1.807, 2.05) is 30.3 Å². The minimum Gasteiger partial charge on any atom is -0.268 e. The number of nitrogens with one attached hydrogen (secondary N) is 2. The minimum absolute atomic E-state index is 0.0970. The number of rotatable bonds is 3. The highest BCUT2D eigenvalue weighted by molar-refractivity contribution is 5.92. The van der Waals surface area contributed by atoms with E-state index < -0.39 is 5.91 Å². The topological polar surface area (TPSA) is 87.2 Å². The Labute approximate surface area is 102 Å². The van der Waals surface area contributed by atoms with E-state index in [0.29, 0.717) is 0 Å². The van der Waals surface area contributed by atoms with E-state index in [1.165, 1.54) is 18.3 Å². The molecule has 6 nitrogen and oxygen atoms in total. The van der Waals surface area contributed by atoms with Crippen LogP contribution in [0, 0.1) is 0 Å². The maximum Gasteiger partial charge on any atom is 0.291 e. The Balaban J connectivity index is 1.98. The van der Waals surface area contributed by atoms with Crippen molar-refractivity contribution in [3.63, 3.8) is 0 Å². The predicted molar refractivity (Wildman–Crippen MR) is 66.4 cm³/mol. The molecule has 0 bridgehead atoms. The SMILES string of the molecule is O=C(N/N=C/c1ccccc1)c1ccc(=O)[nH]n1. The molecule has 1 aromatic carbocycles. The van der Waals surface area contributed by atoms with E-state index in [-0.39, 0.29) is 11.3 Å². The molecule has 1 amide bonds. The normalized spacial score (nSPS) is 10.4. The lowest BCUT2D eigenvalue weighted by molar-refractivity contribution is 0.0949. The molecule has 0 saturated carbocycles. The summed E-state index contributed by atoms with van der Waals surface area (Å²) in [5, 5.41) is 9.53. The number of hydrazone groups is 1. The first-order valence-corrected chi connectivity index (χ1v) is 5.20. The second kappa shape index (κ2) is 5.53. The molecule has 1 heterocycles. The second-order valence-electron chi connectivity index (χ2n) is 3.42. The third kappa shape index (κ3) is 3.11. The number of carbonyl (C=O) groups is 1. The van der Waals surface area contributed by atoms with Gasteiger partial charge in [-0.25, -0.2) is 10.5 Å². The molecule has 0 unspecified atom stereocenters. The van der Waals surface area contributed by atoms with Gasteiger partial charge < -0.3 is 0 Å². The zero-order valence-electron chi connectivity index (χ0n) is 9.33. The summed E-state index contributed by atoms with van der Waals surface area (Å²) in [6, 6.07) is 11.9. The second-order valence-corrected chi connectivity index (χ2v) is 3.42. The van der Waals surface area contributed by atoms with Crippen molar-refractivity contribution < 1.29 is 4.79 Å². The molecule has 0 saturated heterocycles. The average Bonchev–Trinajstić information content (AvgIpc) is 2.40. The molecule has 2 rings (SSSR count). The Bertz CT molecular complexity index is 599. The Morgan fingerprint density at radius 1 is 1.22 bits per heavy atom. The summed E-state index contributed by atoms with van der Waals surface area (Å²) < 4.78 is 0. The molecule has 0 aliphatic rings. The van der Waals surface area contributed by atoms with Crippen LogP contribution >= 0.6 is 0 Å². The quantitative estimate of drug-likeness (QED) is 0.608. The van der Waals surface area contributed by atoms with E-state index in [4.69, 9.17) is 0 Å².